The molecule has 82 valence electrons. The molecule has 3 aliphatic rings. The van der Waals surface area contributed by atoms with Crippen LogP contribution in [0.2, 0.25) is 0 Å². The van der Waals surface area contributed by atoms with Crippen LogP contribution in [0.25, 0.3) is 0 Å². The number of carbonyl (C=O) groups excluding carboxylic acids is 1. The van der Waals surface area contributed by atoms with Crippen molar-refractivity contribution in [1.29, 1.82) is 0 Å². The number of rotatable bonds is 1. The zero-order valence-electron chi connectivity index (χ0n) is 8.99. The monoisotopic (exact) mass is 216 g/mol. The third-order valence-corrected chi connectivity index (χ3v) is 3.12. The van der Waals surface area contributed by atoms with Gasteiger partial charge in [0.25, 0.3) is 0 Å². The number of methoxy groups -OCH3 is 1. The van der Waals surface area contributed by atoms with Crippen molar-refractivity contribution in [3.05, 3.63) is 35.1 Å². The molecule has 4 heteroatoms. The predicted octanol–water partition coefficient (Wildman–Crippen LogP) is 0.726. The SMILES string of the molecule is COC(=O)C1=CC2=C3CCNC3C=CC2=N1. The molecule has 16 heavy (non-hydrogen) atoms. The maximum Gasteiger partial charge on any atom is 0.356 e. The number of hydrogen-bond acceptors (Lipinski definition) is 4. The smallest absolute Gasteiger partial charge is 0.356 e. The quantitative estimate of drug-likeness (QED) is 0.657. The number of fused-ring (bicyclic) bond motifs is 2. The first-order valence-corrected chi connectivity index (χ1v) is 5.33. The first-order chi connectivity index (χ1) is 7.79. The summed E-state index contributed by atoms with van der Waals surface area (Å²) in [5.74, 6) is -0.370. The fraction of sp³-hybridized carbons (Fsp3) is 0.333. The second kappa shape index (κ2) is 3.42. The lowest BCUT2D eigenvalue weighted by Gasteiger charge is -2.14. The lowest BCUT2D eigenvalue weighted by atomic mass is 9.93. The summed E-state index contributed by atoms with van der Waals surface area (Å²) in [5, 5.41) is 3.38. The van der Waals surface area contributed by atoms with Crippen LogP contribution >= 0.6 is 0 Å². The first kappa shape index (κ1) is 9.54. The molecule has 0 radical (unpaired) electrons. The largest absolute Gasteiger partial charge is 0.464 e. The lowest BCUT2D eigenvalue weighted by molar-refractivity contribution is -0.136. The first-order valence-electron chi connectivity index (χ1n) is 5.33. The molecule has 0 aromatic heterocycles. The van der Waals surface area contributed by atoms with Gasteiger partial charge in [-0.15, -0.1) is 0 Å². The molecule has 3 rings (SSSR count). The molecular weight excluding hydrogens is 204 g/mol. The molecule has 0 spiro atoms. The number of ether oxygens (including phenoxy) is 1. The minimum Gasteiger partial charge on any atom is -0.464 e. The standard InChI is InChI=1S/C12H12N2O2/c1-16-12(15)11-6-8-7-4-5-13-9(7)2-3-10(8)14-11/h2-3,6,9,13H,4-5H2,1H3. The number of nitrogens with one attached hydrogen (secondary N) is 1. The third-order valence-electron chi connectivity index (χ3n) is 3.12. The predicted molar refractivity (Wildman–Crippen MR) is 60.1 cm³/mol. The van der Waals surface area contributed by atoms with E-state index >= 15 is 0 Å². The zero-order valence-corrected chi connectivity index (χ0v) is 8.99. The Morgan fingerprint density at radius 1 is 1.62 bits per heavy atom. The summed E-state index contributed by atoms with van der Waals surface area (Å²) < 4.78 is 4.67. The van der Waals surface area contributed by atoms with Gasteiger partial charge >= 0.3 is 5.97 Å². The topological polar surface area (TPSA) is 50.7 Å². The molecule has 1 saturated heterocycles. The van der Waals surface area contributed by atoms with E-state index in [1.165, 1.54) is 12.7 Å². The highest BCUT2D eigenvalue weighted by atomic mass is 16.5. The maximum absolute atomic E-state index is 11.4. The molecular formula is C12H12N2O2. The molecule has 1 N–H and O–H groups in total. The van der Waals surface area contributed by atoms with Crippen LogP contribution in [0.15, 0.2) is 40.1 Å². The van der Waals surface area contributed by atoms with Gasteiger partial charge in [0.1, 0.15) is 5.70 Å². The van der Waals surface area contributed by atoms with E-state index < -0.39 is 0 Å². The van der Waals surface area contributed by atoms with Crippen LogP contribution in [0.4, 0.5) is 0 Å². The van der Waals surface area contributed by atoms with Crippen LogP contribution in [0.1, 0.15) is 6.42 Å². The maximum atomic E-state index is 11.4. The van der Waals surface area contributed by atoms with E-state index in [-0.39, 0.29) is 5.97 Å². The molecule has 2 heterocycles. The fourth-order valence-electron chi connectivity index (χ4n) is 2.34. The fourth-order valence-corrected chi connectivity index (χ4v) is 2.34. The van der Waals surface area contributed by atoms with Crippen molar-refractivity contribution in [2.45, 2.75) is 12.5 Å². The zero-order chi connectivity index (χ0) is 11.1. The van der Waals surface area contributed by atoms with E-state index in [4.69, 9.17) is 0 Å². The van der Waals surface area contributed by atoms with Crippen molar-refractivity contribution in [3.63, 3.8) is 0 Å². The highest BCUT2D eigenvalue weighted by molar-refractivity contribution is 6.17. The van der Waals surface area contributed by atoms with Crippen molar-refractivity contribution in [2.24, 2.45) is 4.99 Å². The Morgan fingerprint density at radius 2 is 2.50 bits per heavy atom. The average Bonchev–Trinajstić information content (AvgIpc) is 2.92. The van der Waals surface area contributed by atoms with E-state index in [1.807, 2.05) is 12.2 Å². The van der Waals surface area contributed by atoms with Crippen LogP contribution in [-0.4, -0.2) is 31.4 Å². The second-order valence-corrected chi connectivity index (χ2v) is 4.00. The van der Waals surface area contributed by atoms with Gasteiger partial charge in [0.05, 0.1) is 12.8 Å². The van der Waals surface area contributed by atoms with Gasteiger partial charge in [-0.2, -0.15) is 0 Å². The number of allylic oxidation sites excluding steroid dienone is 3. The molecule has 1 aliphatic carbocycles. The van der Waals surface area contributed by atoms with Crippen molar-refractivity contribution < 1.29 is 9.53 Å². The molecule has 0 amide bonds. The molecule has 0 saturated carbocycles. The summed E-state index contributed by atoms with van der Waals surface area (Å²) in [6, 6.07) is 0.321. The average molecular weight is 216 g/mol. The molecule has 1 atom stereocenters. The molecule has 0 bridgehead atoms. The number of esters is 1. The van der Waals surface area contributed by atoms with Gasteiger partial charge < -0.3 is 10.1 Å². The Kier molecular flexibility index (Phi) is 2.04. The van der Waals surface area contributed by atoms with Gasteiger partial charge in [0.15, 0.2) is 0 Å². The molecule has 1 unspecified atom stereocenters. The molecule has 2 aliphatic heterocycles. The van der Waals surface area contributed by atoms with Crippen LogP contribution in [0, 0.1) is 0 Å². The third kappa shape index (κ3) is 1.27. The summed E-state index contributed by atoms with van der Waals surface area (Å²) in [4.78, 5) is 15.7. The Bertz CT molecular complexity index is 483. The van der Waals surface area contributed by atoms with Crippen LogP contribution in [-0.2, 0) is 9.53 Å². The Morgan fingerprint density at radius 3 is 3.31 bits per heavy atom. The summed E-state index contributed by atoms with van der Waals surface area (Å²) in [6.45, 7) is 0.989. The highest BCUT2D eigenvalue weighted by Crippen LogP contribution is 2.30. The minimum atomic E-state index is -0.370. The van der Waals surface area contributed by atoms with Crippen molar-refractivity contribution in [1.82, 2.24) is 5.32 Å². The van der Waals surface area contributed by atoms with Gasteiger partial charge in [0.2, 0.25) is 0 Å². The van der Waals surface area contributed by atoms with Crippen molar-refractivity contribution >= 4 is 11.7 Å². The van der Waals surface area contributed by atoms with E-state index in [2.05, 4.69) is 21.1 Å². The van der Waals surface area contributed by atoms with E-state index in [0.717, 1.165) is 24.3 Å². The normalized spacial score (nSPS) is 26.2. The van der Waals surface area contributed by atoms with E-state index in [9.17, 15) is 4.79 Å². The van der Waals surface area contributed by atoms with Crippen LogP contribution in [0.5, 0.6) is 0 Å². The van der Waals surface area contributed by atoms with Gasteiger partial charge in [-0.3, -0.25) is 0 Å². The number of hydrogen-bond donors (Lipinski definition) is 1. The Labute approximate surface area is 93.4 Å². The van der Waals surface area contributed by atoms with Crippen LogP contribution in [0.3, 0.4) is 0 Å². The van der Waals surface area contributed by atoms with E-state index in [0.29, 0.717) is 11.7 Å². The molecule has 0 aromatic carbocycles. The number of carbonyl (C=O) groups is 1. The number of aliphatic imine (C=N–C) groups is 1. The lowest BCUT2D eigenvalue weighted by Crippen LogP contribution is -2.23. The van der Waals surface area contributed by atoms with Crippen molar-refractivity contribution in [2.75, 3.05) is 13.7 Å². The van der Waals surface area contributed by atoms with Gasteiger partial charge in [0, 0.05) is 11.6 Å². The van der Waals surface area contributed by atoms with Gasteiger partial charge in [-0.05, 0) is 30.7 Å². The number of nitrogens with zero attached hydrogens (tertiary/aromatic N) is 1. The molecule has 4 nitrogen and oxygen atoms in total. The van der Waals surface area contributed by atoms with E-state index in [1.54, 1.807) is 0 Å². The van der Waals surface area contributed by atoms with Crippen molar-refractivity contribution in [3.8, 4) is 0 Å². The molecule has 0 aromatic rings. The second-order valence-electron chi connectivity index (χ2n) is 4.00. The Balaban J connectivity index is 2.04. The summed E-state index contributed by atoms with van der Waals surface area (Å²) >= 11 is 0. The minimum absolute atomic E-state index is 0.321. The Hall–Kier alpha value is -1.68. The highest BCUT2D eigenvalue weighted by Gasteiger charge is 2.29. The molecule has 1 fully saturated rings. The summed E-state index contributed by atoms with van der Waals surface area (Å²) in [7, 11) is 1.37. The van der Waals surface area contributed by atoms with Gasteiger partial charge in [-0.25, -0.2) is 9.79 Å². The summed E-state index contributed by atoms with van der Waals surface area (Å²) in [5.41, 5.74) is 3.71. The van der Waals surface area contributed by atoms with Gasteiger partial charge in [-0.1, -0.05) is 6.08 Å². The summed E-state index contributed by atoms with van der Waals surface area (Å²) in [6.07, 6.45) is 6.92. The van der Waals surface area contributed by atoms with Crippen LogP contribution < -0.4 is 5.32 Å².